The molecule has 2 N–H and O–H groups in total. The van der Waals surface area contributed by atoms with Crippen LogP contribution in [0.4, 0.5) is 4.79 Å². The quantitative estimate of drug-likeness (QED) is 0.376. The summed E-state index contributed by atoms with van der Waals surface area (Å²) in [6.45, 7) is 6.67. The van der Waals surface area contributed by atoms with Crippen molar-refractivity contribution in [3.63, 3.8) is 0 Å². The van der Waals surface area contributed by atoms with Gasteiger partial charge in [-0.25, -0.2) is 4.79 Å². The number of rotatable bonds is 7. The number of aryl methyl sites for hydroxylation is 1. The molecule has 0 aliphatic carbocycles. The molecule has 2 atom stereocenters. The number of aliphatic hydroxyl groups is 1. The molecule has 0 bridgehead atoms. The van der Waals surface area contributed by atoms with Gasteiger partial charge in [-0.15, -0.1) is 0 Å². The normalized spacial score (nSPS) is 18.5. The minimum Gasteiger partial charge on any atom is -0.485 e. The van der Waals surface area contributed by atoms with Crippen molar-refractivity contribution in [1.82, 2.24) is 5.32 Å². The SMILES string of the molecule is Cc1ccc2c(c1)OC(C)(C)C(O)C2NCCc1ccc(OC(=O)OCc2ccccc2)cc1. The van der Waals surface area contributed by atoms with Gasteiger partial charge < -0.3 is 24.6 Å². The second kappa shape index (κ2) is 10.3. The van der Waals surface area contributed by atoms with E-state index < -0.39 is 17.9 Å². The number of hydrogen-bond acceptors (Lipinski definition) is 6. The third kappa shape index (κ3) is 5.76. The van der Waals surface area contributed by atoms with Crippen molar-refractivity contribution in [2.24, 2.45) is 0 Å². The van der Waals surface area contributed by atoms with Crippen LogP contribution < -0.4 is 14.8 Å². The Morgan fingerprint density at radius 3 is 2.50 bits per heavy atom. The van der Waals surface area contributed by atoms with Crippen molar-refractivity contribution in [3.05, 3.63) is 95.1 Å². The van der Waals surface area contributed by atoms with Crippen molar-refractivity contribution in [1.29, 1.82) is 0 Å². The van der Waals surface area contributed by atoms with Crippen LogP contribution in [0.25, 0.3) is 0 Å². The Hall–Kier alpha value is -3.35. The average Bonchev–Trinajstić information content (AvgIpc) is 2.82. The van der Waals surface area contributed by atoms with Crippen molar-refractivity contribution in [2.75, 3.05) is 6.54 Å². The maximum atomic E-state index is 11.9. The van der Waals surface area contributed by atoms with Gasteiger partial charge in [-0.05, 0) is 68.6 Å². The fourth-order valence-electron chi connectivity index (χ4n) is 4.06. The summed E-state index contributed by atoms with van der Waals surface area (Å²) < 4.78 is 16.5. The first-order valence-electron chi connectivity index (χ1n) is 11.5. The molecule has 0 amide bonds. The molecule has 0 spiro atoms. The van der Waals surface area contributed by atoms with Gasteiger partial charge in [-0.3, -0.25) is 0 Å². The molecule has 1 aliphatic heterocycles. The summed E-state index contributed by atoms with van der Waals surface area (Å²) in [5, 5.41) is 14.4. The predicted molar refractivity (Wildman–Crippen MR) is 130 cm³/mol. The smallest absolute Gasteiger partial charge is 0.485 e. The molecule has 6 nitrogen and oxygen atoms in total. The van der Waals surface area contributed by atoms with E-state index in [2.05, 4.69) is 5.32 Å². The fraction of sp³-hybridized carbons (Fsp3) is 0.321. The van der Waals surface area contributed by atoms with Gasteiger partial charge in [0.1, 0.15) is 29.8 Å². The van der Waals surface area contributed by atoms with Gasteiger partial charge in [0.2, 0.25) is 0 Å². The number of benzene rings is 3. The van der Waals surface area contributed by atoms with E-state index in [4.69, 9.17) is 14.2 Å². The number of ether oxygens (including phenoxy) is 3. The maximum absolute atomic E-state index is 11.9. The molecule has 0 saturated heterocycles. The first kappa shape index (κ1) is 23.8. The molecule has 1 aliphatic rings. The van der Waals surface area contributed by atoms with E-state index in [1.54, 1.807) is 12.1 Å². The first-order valence-corrected chi connectivity index (χ1v) is 11.5. The molecule has 3 aromatic carbocycles. The number of carbonyl (C=O) groups excluding carboxylic acids is 1. The molecular formula is C28H31NO5. The standard InChI is InChI=1S/C28H31NO5/c1-19-9-14-23-24(17-19)34-28(2,3)26(30)25(23)29-16-15-20-10-12-22(13-11-20)33-27(31)32-18-21-7-5-4-6-8-21/h4-14,17,25-26,29-30H,15-16,18H2,1-3H3. The van der Waals surface area contributed by atoms with Crippen LogP contribution in [0.5, 0.6) is 11.5 Å². The molecule has 1 heterocycles. The summed E-state index contributed by atoms with van der Waals surface area (Å²) in [5.74, 6) is 1.24. The van der Waals surface area contributed by atoms with Crippen LogP contribution in [-0.4, -0.2) is 29.5 Å². The number of fused-ring (bicyclic) bond motifs is 1. The molecule has 0 radical (unpaired) electrons. The molecule has 6 heteroatoms. The summed E-state index contributed by atoms with van der Waals surface area (Å²) >= 11 is 0. The molecule has 0 aromatic heterocycles. The number of carbonyl (C=O) groups is 1. The second-order valence-electron chi connectivity index (χ2n) is 9.14. The van der Waals surface area contributed by atoms with E-state index in [0.29, 0.717) is 12.3 Å². The summed E-state index contributed by atoms with van der Waals surface area (Å²) in [5.41, 5.74) is 3.39. The highest BCUT2D eigenvalue weighted by Crippen LogP contribution is 2.40. The van der Waals surface area contributed by atoms with Gasteiger partial charge in [-0.2, -0.15) is 0 Å². The molecule has 0 fully saturated rings. The fourth-order valence-corrected chi connectivity index (χ4v) is 4.06. The Kier molecular flexibility index (Phi) is 7.20. The molecule has 178 valence electrons. The van der Waals surface area contributed by atoms with Crippen molar-refractivity contribution < 1.29 is 24.1 Å². The lowest BCUT2D eigenvalue weighted by Crippen LogP contribution is -2.52. The van der Waals surface area contributed by atoms with Crippen LogP contribution >= 0.6 is 0 Å². The number of hydrogen-bond donors (Lipinski definition) is 2. The van der Waals surface area contributed by atoms with Crippen LogP contribution in [-0.2, 0) is 17.8 Å². The van der Waals surface area contributed by atoms with Crippen molar-refractivity contribution in [2.45, 2.75) is 51.5 Å². The summed E-state index contributed by atoms with van der Waals surface area (Å²) in [6, 6.07) is 22.6. The Morgan fingerprint density at radius 1 is 1.03 bits per heavy atom. The lowest BCUT2D eigenvalue weighted by molar-refractivity contribution is -0.0644. The third-order valence-electron chi connectivity index (χ3n) is 6.01. The Morgan fingerprint density at radius 2 is 1.76 bits per heavy atom. The van der Waals surface area contributed by atoms with Crippen molar-refractivity contribution >= 4 is 6.16 Å². The van der Waals surface area contributed by atoms with Gasteiger partial charge in [0.25, 0.3) is 0 Å². The van der Waals surface area contributed by atoms with Gasteiger partial charge in [-0.1, -0.05) is 54.6 Å². The van der Waals surface area contributed by atoms with E-state index in [9.17, 15) is 9.90 Å². The van der Waals surface area contributed by atoms with Crippen molar-refractivity contribution in [3.8, 4) is 11.5 Å². The monoisotopic (exact) mass is 461 g/mol. The lowest BCUT2D eigenvalue weighted by Gasteiger charge is -2.42. The van der Waals surface area contributed by atoms with E-state index in [1.165, 1.54) is 0 Å². The van der Waals surface area contributed by atoms with E-state index in [0.717, 1.165) is 34.4 Å². The van der Waals surface area contributed by atoms with Gasteiger partial charge >= 0.3 is 6.16 Å². The molecule has 34 heavy (non-hydrogen) atoms. The maximum Gasteiger partial charge on any atom is 0.514 e. The Balaban J connectivity index is 1.29. The van der Waals surface area contributed by atoms with Crippen LogP contribution in [0.3, 0.4) is 0 Å². The topological polar surface area (TPSA) is 77.0 Å². The van der Waals surface area contributed by atoms with Gasteiger partial charge in [0.15, 0.2) is 0 Å². The third-order valence-corrected chi connectivity index (χ3v) is 6.01. The first-order chi connectivity index (χ1) is 16.3. The largest absolute Gasteiger partial charge is 0.514 e. The molecule has 2 unspecified atom stereocenters. The predicted octanol–water partition coefficient (Wildman–Crippen LogP) is 5.12. The molecule has 4 rings (SSSR count). The molecular weight excluding hydrogens is 430 g/mol. The summed E-state index contributed by atoms with van der Waals surface area (Å²) in [6.07, 6.45) is -0.659. The second-order valence-corrected chi connectivity index (χ2v) is 9.14. The van der Waals surface area contributed by atoms with E-state index in [-0.39, 0.29) is 12.6 Å². The average molecular weight is 462 g/mol. The molecule has 0 saturated carbocycles. The highest BCUT2D eigenvalue weighted by Gasteiger charge is 2.42. The van der Waals surface area contributed by atoms with E-state index in [1.807, 2.05) is 81.4 Å². The van der Waals surface area contributed by atoms with Gasteiger partial charge in [0.05, 0.1) is 6.04 Å². The summed E-state index contributed by atoms with van der Waals surface area (Å²) in [7, 11) is 0. The van der Waals surface area contributed by atoms with E-state index >= 15 is 0 Å². The zero-order chi connectivity index (χ0) is 24.1. The Labute approximate surface area is 200 Å². The number of aliphatic hydroxyl groups excluding tert-OH is 1. The minimum atomic E-state index is -0.733. The summed E-state index contributed by atoms with van der Waals surface area (Å²) in [4.78, 5) is 11.9. The van der Waals surface area contributed by atoms with Crippen LogP contribution in [0.15, 0.2) is 72.8 Å². The number of nitrogens with one attached hydrogen (secondary N) is 1. The minimum absolute atomic E-state index is 0.168. The zero-order valence-electron chi connectivity index (χ0n) is 19.8. The Bertz CT molecular complexity index is 1110. The zero-order valence-corrected chi connectivity index (χ0v) is 19.8. The van der Waals surface area contributed by atoms with Crippen LogP contribution in [0.1, 0.15) is 42.1 Å². The van der Waals surface area contributed by atoms with Crippen LogP contribution in [0.2, 0.25) is 0 Å². The molecule has 3 aromatic rings. The highest BCUT2D eigenvalue weighted by molar-refractivity contribution is 5.63. The lowest BCUT2D eigenvalue weighted by atomic mass is 9.86. The van der Waals surface area contributed by atoms with Gasteiger partial charge in [0, 0.05) is 5.56 Å². The highest BCUT2D eigenvalue weighted by atomic mass is 16.7. The van der Waals surface area contributed by atoms with Crippen LogP contribution in [0, 0.1) is 6.92 Å².